The highest BCUT2D eigenvalue weighted by atomic mass is 16.3. The number of furan rings is 1. The average Bonchev–Trinajstić information content (AvgIpc) is 3.80. The van der Waals surface area contributed by atoms with Crippen molar-refractivity contribution in [3.63, 3.8) is 0 Å². The summed E-state index contributed by atoms with van der Waals surface area (Å²) in [6.07, 6.45) is 9.30. The number of nitrogens with zero attached hydrogens (tertiary/aromatic N) is 3. The minimum absolute atomic E-state index is 0.000323. The van der Waals surface area contributed by atoms with Crippen LogP contribution in [0.4, 0.5) is 0 Å². The van der Waals surface area contributed by atoms with Crippen molar-refractivity contribution in [2.75, 3.05) is 7.05 Å². The topological polar surface area (TPSA) is 41.6 Å². The molecule has 3 heterocycles. The van der Waals surface area contributed by atoms with Gasteiger partial charge in [-0.15, -0.1) is 0 Å². The van der Waals surface area contributed by atoms with E-state index in [9.17, 15) is 0 Å². The maximum atomic E-state index is 6.67. The van der Waals surface area contributed by atoms with E-state index in [-0.39, 0.29) is 16.9 Å². The van der Waals surface area contributed by atoms with Gasteiger partial charge >= 0.3 is 0 Å². The van der Waals surface area contributed by atoms with Crippen molar-refractivity contribution in [3.8, 4) is 44.6 Å². The summed E-state index contributed by atoms with van der Waals surface area (Å²) < 4.78 is 6.67. The van der Waals surface area contributed by atoms with Crippen molar-refractivity contribution in [2.45, 2.75) is 38.1 Å². The summed E-state index contributed by atoms with van der Waals surface area (Å²) in [7, 11) is 2.18. The van der Waals surface area contributed by atoms with Gasteiger partial charge in [-0.05, 0) is 81.6 Å². The van der Waals surface area contributed by atoms with Crippen LogP contribution in [0.25, 0.3) is 77.5 Å². The molecular formula is C64H51N3O. The number of pyridine rings is 1. The van der Waals surface area contributed by atoms with Crippen molar-refractivity contribution in [2.24, 2.45) is 10.4 Å². The summed E-state index contributed by atoms with van der Waals surface area (Å²) in [5.41, 5.74) is 15.9. The third-order valence-corrected chi connectivity index (χ3v) is 14.7. The van der Waals surface area contributed by atoms with E-state index in [1.165, 1.54) is 22.3 Å². The van der Waals surface area contributed by atoms with E-state index >= 15 is 0 Å². The highest BCUT2D eigenvalue weighted by molar-refractivity contribution is 6.21. The zero-order chi connectivity index (χ0) is 45.8. The Morgan fingerprint density at radius 1 is 0.500 bits per heavy atom. The lowest BCUT2D eigenvalue weighted by Gasteiger charge is -2.42. The van der Waals surface area contributed by atoms with Gasteiger partial charge in [0.1, 0.15) is 17.1 Å². The summed E-state index contributed by atoms with van der Waals surface area (Å²) in [5, 5.41) is 3.27. The van der Waals surface area contributed by atoms with Crippen molar-refractivity contribution in [1.29, 1.82) is 0 Å². The van der Waals surface area contributed by atoms with Gasteiger partial charge in [-0.1, -0.05) is 214 Å². The minimum Gasteiger partial charge on any atom is -0.454 e. The maximum Gasteiger partial charge on any atom is 0.162 e. The quantitative estimate of drug-likeness (QED) is 0.143. The number of amidine groups is 1. The minimum atomic E-state index is -0.228. The Labute approximate surface area is 398 Å². The van der Waals surface area contributed by atoms with Crippen LogP contribution in [0, 0.1) is 5.41 Å². The predicted octanol–water partition coefficient (Wildman–Crippen LogP) is 16.4. The van der Waals surface area contributed by atoms with Gasteiger partial charge in [0, 0.05) is 45.2 Å². The zero-order valence-corrected chi connectivity index (χ0v) is 38.6. The van der Waals surface area contributed by atoms with Crippen LogP contribution < -0.4 is 0 Å². The van der Waals surface area contributed by atoms with Crippen molar-refractivity contribution < 1.29 is 4.42 Å². The lowest BCUT2D eigenvalue weighted by molar-refractivity contribution is 0.344. The molecule has 1 aliphatic carbocycles. The van der Waals surface area contributed by atoms with Gasteiger partial charge in [0.25, 0.3) is 0 Å². The average molecular weight is 878 g/mol. The second-order valence-electron chi connectivity index (χ2n) is 19.1. The number of benzene rings is 8. The third kappa shape index (κ3) is 7.34. The second-order valence-corrected chi connectivity index (χ2v) is 19.1. The van der Waals surface area contributed by atoms with Crippen LogP contribution in [0.2, 0.25) is 0 Å². The zero-order valence-electron chi connectivity index (χ0n) is 38.6. The van der Waals surface area contributed by atoms with Crippen LogP contribution in [0.3, 0.4) is 0 Å². The van der Waals surface area contributed by atoms with Crippen LogP contribution >= 0.6 is 0 Å². The van der Waals surface area contributed by atoms with E-state index in [1.807, 2.05) is 12.1 Å². The third-order valence-electron chi connectivity index (χ3n) is 14.7. The standard InChI is InChI=1S/C64H51N3O/c1-63(52-22-11-6-12-23-52)36-38-64(2,39-37-63)58-42-56(47-30-26-45(27-31-47)43-16-7-4-8-17-43)67(3)62(66-58)48-32-28-46(29-33-48)49-20-15-21-51(40-49)60-61-59(54-24-13-14-25-57(54)68-61)53-35-34-50(41-55(53)65-60)44-18-9-5-10-19-44/h4-36,38,40-42,56H,37,39H2,1-3H3. The Bertz CT molecular complexity index is 3590. The van der Waals surface area contributed by atoms with E-state index in [4.69, 9.17) is 14.4 Å². The smallest absolute Gasteiger partial charge is 0.162 e. The maximum absolute atomic E-state index is 6.67. The molecule has 0 saturated carbocycles. The number of likely N-dealkylation sites (N-methyl/N-ethyl adjacent to an activating group) is 1. The van der Waals surface area contributed by atoms with Crippen molar-refractivity contribution in [3.05, 3.63) is 247 Å². The van der Waals surface area contributed by atoms with Gasteiger partial charge in [-0.25, -0.2) is 9.98 Å². The van der Waals surface area contributed by atoms with E-state index in [1.54, 1.807) is 0 Å². The lowest BCUT2D eigenvalue weighted by Crippen LogP contribution is -2.37. The van der Waals surface area contributed by atoms with E-state index in [2.05, 4.69) is 238 Å². The van der Waals surface area contributed by atoms with E-state index in [0.717, 1.165) is 96.3 Å². The summed E-state index contributed by atoms with van der Waals surface area (Å²) in [4.78, 5) is 13.3. The fourth-order valence-corrected chi connectivity index (χ4v) is 10.5. The molecule has 4 heteroatoms. The molecule has 0 saturated heterocycles. The van der Waals surface area contributed by atoms with Gasteiger partial charge in [-0.3, -0.25) is 0 Å². The lowest BCUT2D eigenvalue weighted by atomic mass is 9.66. The molecule has 328 valence electrons. The number of para-hydroxylation sites is 1. The SMILES string of the molecule is CN1C(c2ccc(-c3cccc(-c4nc5cc(-c6ccccc6)ccc5c5c4oc4ccccc45)c3)cc2)=NC(C2(C)C=CC(C)(c3ccccc3)CC2)=CC1c1ccc(-c2ccccc2)cc1. The molecule has 0 fully saturated rings. The number of aromatic nitrogens is 1. The Kier molecular flexibility index (Phi) is 10.1. The molecule has 12 rings (SSSR count). The molecule has 3 atom stereocenters. The molecule has 2 aromatic heterocycles. The molecule has 3 unspecified atom stereocenters. The first kappa shape index (κ1) is 41.4. The molecule has 4 nitrogen and oxygen atoms in total. The first-order chi connectivity index (χ1) is 33.3. The summed E-state index contributed by atoms with van der Waals surface area (Å²) in [6, 6.07) is 73.7. The van der Waals surface area contributed by atoms with Crippen LogP contribution in [0.5, 0.6) is 0 Å². The van der Waals surface area contributed by atoms with Crippen LogP contribution in [-0.2, 0) is 5.41 Å². The molecule has 0 N–H and O–H groups in total. The van der Waals surface area contributed by atoms with Gasteiger partial charge in [-0.2, -0.15) is 0 Å². The van der Waals surface area contributed by atoms with E-state index < -0.39 is 0 Å². The van der Waals surface area contributed by atoms with Crippen LogP contribution in [-0.4, -0.2) is 22.8 Å². The van der Waals surface area contributed by atoms with E-state index in [0.29, 0.717) is 0 Å². The molecule has 0 radical (unpaired) electrons. The summed E-state index contributed by atoms with van der Waals surface area (Å²) in [6.45, 7) is 4.73. The molecular weight excluding hydrogens is 827 g/mol. The molecule has 1 aliphatic heterocycles. The second kappa shape index (κ2) is 16.7. The summed E-state index contributed by atoms with van der Waals surface area (Å²) in [5.74, 6) is 0.966. The van der Waals surface area contributed by atoms with Crippen LogP contribution in [0.1, 0.15) is 49.4 Å². The van der Waals surface area contributed by atoms with Gasteiger partial charge in [0.05, 0.1) is 17.3 Å². The fraction of sp³-hybridized carbons (Fsp3) is 0.125. The normalized spacial score (nSPS) is 19.3. The van der Waals surface area contributed by atoms with Gasteiger partial charge < -0.3 is 9.32 Å². The summed E-state index contributed by atoms with van der Waals surface area (Å²) >= 11 is 0. The Balaban J connectivity index is 0.910. The first-order valence-electron chi connectivity index (χ1n) is 23.8. The largest absolute Gasteiger partial charge is 0.454 e. The first-order valence-corrected chi connectivity index (χ1v) is 23.8. The molecule has 10 aromatic rings. The Morgan fingerprint density at radius 3 is 1.76 bits per heavy atom. The number of fused-ring (bicyclic) bond motifs is 5. The molecule has 0 spiro atoms. The predicted molar refractivity (Wildman–Crippen MR) is 283 cm³/mol. The molecule has 0 amide bonds. The number of rotatable bonds is 8. The Morgan fingerprint density at radius 2 is 1.04 bits per heavy atom. The highest BCUT2D eigenvalue weighted by Gasteiger charge is 2.39. The molecule has 2 aliphatic rings. The van der Waals surface area contributed by atoms with Gasteiger partial charge in [0.2, 0.25) is 0 Å². The van der Waals surface area contributed by atoms with Gasteiger partial charge in [0.15, 0.2) is 5.58 Å². The number of allylic oxidation sites excluding steroid dienone is 2. The Hall–Kier alpha value is -8.08. The number of hydrogen-bond donors (Lipinski definition) is 0. The number of hydrogen-bond acceptors (Lipinski definition) is 4. The van der Waals surface area contributed by atoms with Crippen molar-refractivity contribution >= 4 is 38.7 Å². The monoisotopic (exact) mass is 877 g/mol. The van der Waals surface area contributed by atoms with Crippen molar-refractivity contribution in [1.82, 2.24) is 9.88 Å². The fourth-order valence-electron chi connectivity index (χ4n) is 10.5. The molecule has 68 heavy (non-hydrogen) atoms. The van der Waals surface area contributed by atoms with Crippen LogP contribution in [0.15, 0.2) is 240 Å². The number of aliphatic imine (C=N–C) groups is 1. The molecule has 8 aromatic carbocycles. The highest BCUT2D eigenvalue weighted by Crippen LogP contribution is 2.48. The molecule has 0 bridgehead atoms.